The fourth-order valence-corrected chi connectivity index (χ4v) is 2.49. The molecule has 3 aromatic rings. The van der Waals surface area contributed by atoms with Crippen LogP contribution in [0.25, 0.3) is 10.8 Å². The van der Waals surface area contributed by atoms with E-state index in [9.17, 15) is 5.11 Å². The lowest BCUT2D eigenvalue weighted by molar-refractivity contribution is 0.208. The standard InChI is InChI=1S/C16H17N3O/c1-2-9-19-15(7-8-18-19)16(20)14-11-17-10-12-5-3-4-6-13(12)14/h3-8,10-11,16,20H,2,9H2,1H3. The number of hydrogen-bond acceptors (Lipinski definition) is 3. The number of hydrogen-bond donors (Lipinski definition) is 1. The molecule has 0 amide bonds. The Morgan fingerprint density at radius 2 is 2.05 bits per heavy atom. The van der Waals surface area contributed by atoms with Crippen molar-refractivity contribution in [3.8, 4) is 0 Å². The number of nitrogens with zero attached hydrogens (tertiary/aromatic N) is 3. The van der Waals surface area contributed by atoms with Gasteiger partial charge in [-0.15, -0.1) is 0 Å². The molecule has 0 aliphatic rings. The third-order valence-electron chi connectivity index (χ3n) is 3.46. The van der Waals surface area contributed by atoms with E-state index in [0.717, 1.165) is 35.0 Å². The average Bonchev–Trinajstić information content (AvgIpc) is 2.94. The van der Waals surface area contributed by atoms with Crippen LogP contribution in [-0.2, 0) is 6.54 Å². The van der Waals surface area contributed by atoms with Crippen molar-refractivity contribution in [1.29, 1.82) is 0 Å². The number of pyridine rings is 1. The molecule has 2 aromatic heterocycles. The fraction of sp³-hybridized carbons (Fsp3) is 0.250. The lowest BCUT2D eigenvalue weighted by Crippen LogP contribution is -2.10. The third-order valence-corrected chi connectivity index (χ3v) is 3.46. The monoisotopic (exact) mass is 267 g/mol. The number of rotatable bonds is 4. The fourth-order valence-electron chi connectivity index (χ4n) is 2.49. The molecule has 0 bridgehead atoms. The normalized spacial score (nSPS) is 12.7. The van der Waals surface area contributed by atoms with Crippen molar-refractivity contribution in [1.82, 2.24) is 14.8 Å². The molecule has 2 heterocycles. The molecular formula is C16H17N3O. The maximum atomic E-state index is 10.7. The largest absolute Gasteiger partial charge is 0.382 e. The predicted molar refractivity (Wildman–Crippen MR) is 78.3 cm³/mol. The molecule has 1 N–H and O–H groups in total. The van der Waals surface area contributed by atoms with Gasteiger partial charge in [0.1, 0.15) is 6.10 Å². The van der Waals surface area contributed by atoms with E-state index in [1.165, 1.54) is 0 Å². The van der Waals surface area contributed by atoms with Crippen LogP contribution in [0.4, 0.5) is 0 Å². The molecule has 0 radical (unpaired) electrons. The summed E-state index contributed by atoms with van der Waals surface area (Å²) in [5.41, 5.74) is 1.63. The second-order valence-corrected chi connectivity index (χ2v) is 4.83. The Hall–Kier alpha value is -2.20. The summed E-state index contributed by atoms with van der Waals surface area (Å²) in [5.74, 6) is 0. The lowest BCUT2D eigenvalue weighted by Gasteiger charge is -2.15. The van der Waals surface area contributed by atoms with Gasteiger partial charge < -0.3 is 5.11 Å². The molecule has 0 saturated heterocycles. The molecule has 0 saturated carbocycles. The Kier molecular flexibility index (Phi) is 3.48. The third kappa shape index (κ3) is 2.18. The molecule has 0 fully saturated rings. The number of aryl methyl sites for hydroxylation is 1. The summed E-state index contributed by atoms with van der Waals surface area (Å²) in [4.78, 5) is 4.23. The van der Waals surface area contributed by atoms with Gasteiger partial charge in [0, 0.05) is 36.1 Å². The SMILES string of the molecule is CCCn1nccc1C(O)c1cncc2ccccc12. The van der Waals surface area contributed by atoms with Gasteiger partial charge in [-0.05, 0) is 17.9 Å². The predicted octanol–water partition coefficient (Wildman–Crippen LogP) is 2.92. The van der Waals surface area contributed by atoms with Crippen LogP contribution in [0, 0.1) is 0 Å². The zero-order valence-corrected chi connectivity index (χ0v) is 11.4. The second-order valence-electron chi connectivity index (χ2n) is 4.83. The van der Waals surface area contributed by atoms with E-state index in [4.69, 9.17) is 0 Å². The Morgan fingerprint density at radius 3 is 2.90 bits per heavy atom. The Labute approximate surface area is 117 Å². The van der Waals surface area contributed by atoms with Crippen molar-refractivity contribution >= 4 is 10.8 Å². The summed E-state index contributed by atoms with van der Waals surface area (Å²) in [5, 5.41) is 17.0. The molecule has 20 heavy (non-hydrogen) atoms. The molecule has 1 unspecified atom stereocenters. The Balaban J connectivity index is 2.08. The highest BCUT2D eigenvalue weighted by molar-refractivity contribution is 5.85. The van der Waals surface area contributed by atoms with Gasteiger partial charge in [0.05, 0.1) is 5.69 Å². The van der Waals surface area contributed by atoms with Crippen molar-refractivity contribution in [3.05, 3.63) is 60.2 Å². The van der Waals surface area contributed by atoms with Crippen molar-refractivity contribution in [2.45, 2.75) is 26.0 Å². The zero-order valence-electron chi connectivity index (χ0n) is 11.4. The summed E-state index contributed by atoms with van der Waals surface area (Å²) < 4.78 is 1.85. The van der Waals surface area contributed by atoms with Gasteiger partial charge in [-0.2, -0.15) is 5.10 Å². The maximum Gasteiger partial charge on any atom is 0.123 e. The summed E-state index contributed by atoms with van der Waals surface area (Å²) in [6.45, 7) is 2.90. The van der Waals surface area contributed by atoms with Crippen molar-refractivity contribution in [2.75, 3.05) is 0 Å². The number of aliphatic hydroxyl groups excluding tert-OH is 1. The van der Waals surface area contributed by atoms with Gasteiger partial charge in [-0.3, -0.25) is 9.67 Å². The van der Waals surface area contributed by atoms with E-state index in [1.54, 1.807) is 12.4 Å². The minimum Gasteiger partial charge on any atom is -0.382 e. The van der Waals surface area contributed by atoms with Crippen LogP contribution < -0.4 is 0 Å². The summed E-state index contributed by atoms with van der Waals surface area (Å²) in [6, 6.07) is 9.82. The first-order valence-electron chi connectivity index (χ1n) is 6.83. The van der Waals surface area contributed by atoms with Gasteiger partial charge in [0.15, 0.2) is 0 Å². The van der Waals surface area contributed by atoms with Crippen LogP contribution in [0.15, 0.2) is 48.9 Å². The molecular weight excluding hydrogens is 250 g/mol. The number of aromatic nitrogens is 3. The molecule has 0 aliphatic carbocycles. The average molecular weight is 267 g/mol. The molecule has 1 aromatic carbocycles. The lowest BCUT2D eigenvalue weighted by atomic mass is 10.0. The topological polar surface area (TPSA) is 50.9 Å². The number of aliphatic hydroxyl groups is 1. The highest BCUT2D eigenvalue weighted by Crippen LogP contribution is 2.27. The highest BCUT2D eigenvalue weighted by Gasteiger charge is 2.17. The van der Waals surface area contributed by atoms with Crippen LogP contribution in [0.2, 0.25) is 0 Å². The molecule has 0 aliphatic heterocycles. The summed E-state index contributed by atoms with van der Waals surface area (Å²) in [6.07, 6.45) is 5.55. The molecule has 102 valence electrons. The van der Waals surface area contributed by atoms with Crippen LogP contribution in [-0.4, -0.2) is 19.9 Å². The van der Waals surface area contributed by atoms with Gasteiger partial charge in [-0.1, -0.05) is 31.2 Å². The minimum absolute atomic E-state index is 0.706. The molecule has 0 spiro atoms. The van der Waals surface area contributed by atoms with Crippen LogP contribution >= 0.6 is 0 Å². The number of fused-ring (bicyclic) bond motifs is 1. The van der Waals surface area contributed by atoms with E-state index in [1.807, 2.05) is 41.2 Å². The number of benzene rings is 1. The first kappa shape index (κ1) is 12.8. The van der Waals surface area contributed by atoms with E-state index < -0.39 is 6.10 Å². The van der Waals surface area contributed by atoms with E-state index >= 15 is 0 Å². The Bertz CT molecular complexity index is 715. The van der Waals surface area contributed by atoms with Crippen LogP contribution in [0.1, 0.15) is 30.7 Å². The van der Waals surface area contributed by atoms with Gasteiger partial charge >= 0.3 is 0 Å². The zero-order chi connectivity index (χ0) is 13.9. The minimum atomic E-state index is -0.706. The van der Waals surface area contributed by atoms with E-state index in [0.29, 0.717) is 0 Å². The van der Waals surface area contributed by atoms with E-state index in [-0.39, 0.29) is 0 Å². The van der Waals surface area contributed by atoms with E-state index in [2.05, 4.69) is 17.0 Å². The van der Waals surface area contributed by atoms with Gasteiger partial charge in [0.2, 0.25) is 0 Å². The van der Waals surface area contributed by atoms with Crippen molar-refractivity contribution in [3.63, 3.8) is 0 Å². The van der Waals surface area contributed by atoms with Crippen molar-refractivity contribution < 1.29 is 5.11 Å². The quantitative estimate of drug-likeness (QED) is 0.790. The van der Waals surface area contributed by atoms with Gasteiger partial charge in [0.25, 0.3) is 0 Å². The summed E-state index contributed by atoms with van der Waals surface area (Å²) in [7, 11) is 0. The molecule has 3 rings (SSSR count). The first-order valence-corrected chi connectivity index (χ1v) is 6.83. The first-order chi connectivity index (χ1) is 9.81. The van der Waals surface area contributed by atoms with Crippen molar-refractivity contribution in [2.24, 2.45) is 0 Å². The summed E-state index contributed by atoms with van der Waals surface area (Å²) >= 11 is 0. The molecule has 4 heteroatoms. The van der Waals surface area contributed by atoms with Gasteiger partial charge in [-0.25, -0.2) is 0 Å². The molecule has 1 atom stereocenters. The maximum absolute atomic E-state index is 10.7. The smallest absolute Gasteiger partial charge is 0.123 e. The molecule has 4 nitrogen and oxygen atoms in total. The highest BCUT2D eigenvalue weighted by atomic mass is 16.3. The second kappa shape index (κ2) is 5.43. The Morgan fingerprint density at radius 1 is 1.20 bits per heavy atom. The van der Waals surface area contributed by atoms with Crippen LogP contribution in [0.3, 0.4) is 0 Å². The van der Waals surface area contributed by atoms with Crippen LogP contribution in [0.5, 0.6) is 0 Å².